The molecule has 0 aliphatic carbocycles. The van der Waals surface area contributed by atoms with Gasteiger partial charge < -0.3 is 5.32 Å². The van der Waals surface area contributed by atoms with Gasteiger partial charge in [-0.05, 0) is 52.7 Å². The Morgan fingerprint density at radius 1 is 1.22 bits per heavy atom. The number of fused-ring (bicyclic) bond motifs is 1. The van der Waals surface area contributed by atoms with E-state index in [2.05, 4.69) is 32.3 Å². The van der Waals surface area contributed by atoms with E-state index in [0.29, 0.717) is 5.56 Å². The third kappa shape index (κ3) is 2.39. The summed E-state index contributed by atoms with van der Waals surface area (Å²) in [6, 6.07) is 11.6. The van der Waals surface area contributed by atoms with Crippen molar-refractivity contribution in [2.45, 2.75) is 6.42 Å². The molecule has 5 nitrogen and oxygen atoms in total. The predicted octanol–water partition coefficient (Wildman–Crippen LogP) is 3.54. The average molecular weight is 366 g/mol. The number of pyridine rings is 1. The zero-order valence-corrected chi connectivity index (χ0v) is 13.7. The van der Waals surface area contributed by atoms with Crippen molar-refractivity contribution in [3.8, 4) is 23.0 Å². The Hall–Kier alpha value is -2.65. The van der Waals surface area contributed by atoms with E-state index in [-0.39, 0.29) is 0 Å². The largest absolute Gasteiger partial charge is 0.369 e. The van der Waals surface area contributed by atoms with Crippen molar-refractivity contribution in [3.05, 3.63) is 58.3 Å². The van der Waals surface area contributed by atoms with Gasteiger partial charge in [0.05, 0.1) is 23.0 Å². The normalized spacial score (nSPS) is 12.5. The molecule has 0 radical (unpaired) electrons. The van der Waals surface area contributed by atoms with E-state index in [4.69, 9.17) is 10.4 Å². The summed E-state index contributed by atoms with van der Waals surface area (Å²) in [4.78, 5) is 4.24. The smallest absolute Gasteiger partial charge is 0.133 e. The predicted molar refractivity (Wildman–Crippen MR) is 91.4 cm³/mol. The number of nitrogens with zero attached hydrogens (tertiary/aromatic N) is 4. The van der Waals surface area contributed by atoms with Gasteiger partial charge in [0.2, 0.25) is 0 Å². The quantitative estimate of drug-likeness (QED) is 0.754. The summed E-state index contributed by atoms with van der Waals surface area (Å²) in [6.07, 6.45) is 4.53. The van der Waals surface area contributed by atoms with Gasteiger partial charge in [0.15, 0.2) is 0 Å². The van der Waals surface area contributed by atoms with Gasteiger partial charge in [-0.15, -0.1) is 0 Å². The molecule has 112 valence electrons. The number of rotatable bonds is 2. The number of nitrogens with one attached hydrogen (secondary N) is 1. The molecule has 3 heterocycles. The standard InChI is InChI=1S/C17H12BrN5/c18-13-7-12(9-20-10-13)16-15-5-6-21-17(15)23(22-16)14-3-1-11(8-19)2-4-14/h1-4,7,9-10,21H,5-6H2. The van der Waals surface area contributed by atoms with Crippen molar-refractivity contribution >= 4 is 21.7 Å². The van der Waals surface area contributed by atoms with Crippen LogP contribution in [0.1, 0.15) is 11.1 Å². The number of anilines is 1. The first-order valence-electron chi connectivity index (χ1n) is 7.23. The van der Waals surface area contributed by atoms with Crippen molar-refractivity contribution in [1.82, 2.24) is 14.8 Å². The van der Waals surface area contributed by atoms with Crippen LogP contribution in [0, 0.1) is 11.3 Å². The van der Waals surface area contributed by atoms with Gasteiger partial charge in [-0.25, -0.2) is 4.68 Å². The molecule has 6 heteroatoms. The summed E-state index contributed by atoms with van der Waals surface area (Å²) in [5.74, 6) is 1.02. The number of benzene rings is 1. The van der Waals surface area contributed by atoms with Crippen LogP contribution in [0.3, 0.4) is 0 Å². The fourth-order valence-corrected chi connectivity index (χ4v) is 3.18. The zero-order chi connectivity index (χ0) is 15.8. The van der Waals surface area contributed by atoms with Gasteiger partial charge in [0, 0.05) is 34.5 Å². The molecule has 0 unspecified atom stereocenters. The molecule has 0 fully saturated rings. The summed E-state index contributed by atoms with van der Waals surface area (Å²) >= 11 is 3.46. The number of nitriles is 1. The lowest BCUT2D eigenvalue weighted by atomic mass is 10.1. The second kappa shape index (κ2) is 5.52. The lowest BCUT2D eigenvalue weighted by Crippen LogP contribution is -2.04. The SMILES string of the molecule is N#Cc1ccc(-n2nc(-c3cncc(Br)c3)c3c2NCC3)cc1. The maximum Gasteiger partial charge on any atom is 0.133 e. The second-order valence-corrected chi connectivity index (χ2v) is 6.23. The number of halogens is 1. The minimum atomic E-state index is 0.641. The van der Waals surface area contributed by atoms with Crippen LogP contribution < -0.4 is 5.32 Å². The summed E-state index contributed by atoms with van der Waals surface area (Å²) in [5.41, 5.74) is 4.72. The minimum absolute atomic E-state index is 0.641. The summed E-state index contributed by atoms with van der Waals surface area (Å²) in [6.45, 7) is 0.901. The van der Waals surface area contributed by atoms with Crippen LogP contribution in [-0.4, -0.2) is 21.3 Å². The van der Waals surface area contributed by atoms with Crippen LogP contribution in [0.15, 0.2) is 47.2 Å². The first kappa shape index (κ1) is 14.0. The van der Waals surface area contributed by atoms with Crippen LogP contribution >= 0.6 is 15.9 Å². The van der Waals surface area contributed by atoms with E-state index in [1.165, 1.54) is 5.56 Å². The van der Waals surface area contributed by atoms with E-state index in [1.54, 1.807) is 18.3 Å². The maximum atomic E-state index is 8.94. The van der Waals surface area contributed by atoms with Crippen molar-refractivity contribution in [2.24, 2.45) is 0 Å². The second-order valence-electron chi connectivity index (χ2n) is 5.31. The van der Waals surface area contributed by atoms with Gasteiger partial charge in [-0.3, -0.25) is 4.98 Å². The van der Waals surface area contributed by atoms with Gasteiger partial charge in [0.25, 0.3) is 0 Å². The third-order valence-corrected chi connectivity index (χ3v) is 4.30. The Labute approximate surface area is 141 Å². The molecule has 1 aliphatic rings. The Morgan fingerprint density at radius 3 is 2.78 bits per heavy atom. The molecule has 4 rings (SSSR count). The monoisotopic (exact) mass is 365 g/mol. The van der Waals surface area contributed by atoms with Crippen molar-refractivity contribution < 1.29 is 0 Å². The summed E-state index contributed by atoms with van der Waals surface area (Å²) in [5, 5.41) is 17.1. The molecular weight excluding hydrogens is 354 g/mol. The van der Waals surface area contributed by atoms with E-state index in [9.17, 15) is 0 Å². The van der Waals surface area contributed by atoms with Gasteiger partial charge in [0.1, 0.15) is 5.82 Å². The van der Waals surface area contributed by atoms with Crippen LogP contribution in [0.4, 0.5) is 5.82 Å². The summed E-state index contributed by atoms with van der Waals surface area (Å²) in [7, 11) is 0. The average Bonchev–Trinajstić information content (AvgIpc) is 3.17. The molecule has 0 bridgehead atoms. The molecule has 23 heavy (non-hydrogen) atoms. The molecule has 1 aliphatic heterocycles. The first-order valence-corrected chi connectivity index (χ1v) is 8.03. The summed E-state index contributed by atoms with van der Waals surface area (Å²) < 4.78 is 2.84. The lowest BCUT2D eigenvalue weighted by molar-refractivity contribution is 0.882. The fraction of sp³-hybridized carbons (Fsp3) is 0.118. The van der Waals surface area contributed by atoms with Crippen LogP contribution in [-0.2, 0) is 6.42 Å². The Morgan fingerprint density at radius 2 is 2.04 bits per heavy atom. The van der Waals surface area contributed by atoms with Crippen LogP contribution in [0.5, 0.6) is 0 Å². The maximum absolute atomic E-state index is 8.94. The Kier molecular flexibility index (Phi) is 3.36. The highest BCUT2D eigenvalue weighted by Gasteiger charge is 2.24. The minimum Gasteiger partial charge on any atom is -0.369 e. The number of aromatic nitrogens is 3. The topological polar surface area (TPSA) is 66.5 Å². The highest BCUT2D eigenvalue weighted by molar-refractivity contribution is 9.10. The van der Waals surface area contributed by atoms with E-state index in [1.807, 2.05) is 29.1 Å². The van der Waals surface area contributed by atoms with Crippen molar-refractivity contribution in [1.29, 1.82) is 5.26 Å². The van der Waals surface area contributed by atoms with E-state index in [0.717, 1.165) is 40.2 Å². The number of hydrogen-bond donors (Lipinski definition) is 1. The zero-order valence-electron chi connectivity index (χ0n) is 12.1. The Bertz CT molecular complexity index is 921. The van der Waals surface area contributed by atoms with Gasteiger partial charge in [-0.1, -0.05) is 0 Å². The molecule has 3 aromatic rings. The molecule has 0 saturated heterocycles. The van der Waals surface area contributed by atoms with Gasteiger partial charge >= 0.3 is 0 Å². The number of hydrogen-bond acceptors (Lipinski definition) is 4. The van der Waals surface area contributed by atoms with Crippen LogP contribution in [0.2, 0.25) is 0 Å². The molecule has 1 aromatic carbocycles. The van der Waals surface area contributed by atoms with Crippen molar-refractivity contribution in [3.63, 3.8) is 0 Å². The first-order chi connectivity index (χ1) is 11.3. The fourth-order valence-electron chi connectivity index (χ4n) is 2.81. The molecular formula is C17H12BrN5. The molecule has 1 N–H and O–H groups in total. The molecule has 0 spiro atoms. The lowest BCUT2D eigenvalue weighted by Gasteiger charge is -2.06. The van der Waals surface area contributed by atoms with Gasteiger partial charge in [-0.2, -0.15) is 10.4 Å². The van der Waals surface area contributed by atoms with Crippen molar-refractivity contribution in [2.75, 3.05) is 11.9 Å². The molecule has 0 saturated carbocycles. The molecule has 0 amide bonds. The highest BCUT2D eigenvalue weighted by atomic mass is 79.9. The highest BCUT2D eigenvalue weighted by Crippen LogP contribution is 2.34. The van der Waals surface area contributed by atoms with Crippen LogP contribution in [0.25, 0.3) is 16.9 Å². The van der Waals surface area contributed by atoms with E-state index >= 15 is 0 Å². The Balaban J connectivity index is 1.86. The molecule has 2 aromatic heterocycles. The van der Waals surface area contributed by atoms with E-state index < -0.39 is 0 Å². The third-order valence-electron chi connectivity index (χ3n) is 3.87. The molecule has 0 atom stereocenters.